The van der Waals surface area contributed by atoms with Crippen molar-refractivity contribution < 1.29 is 13.9 Å². The van der Waals surface area contributed by atoms with Gasteiger partial charge in [0, 0.05) is 6.04 Å². The zero-order chi connectivity index (χ0) is 14.7. The molecule has 0 amide bonds. The van der Waals surface area contributed by atoms with E-state index in [0.717, 1.165) is 5.56 Å². The van der Waals surface area contributed by atoms with Gasteiger partial charge >= 0.3 is 0 Å². The van der Waals surface area contributed by atoms with E-state index < -0.39 is 0 Å². The Morgan fingerprint density at radius 2 is 1.85 bits per heavy atom. The zero-order valence-corrected chi connectivity index (χ0v) is 11.8. The highest BCUT2D eigenvalue weighted by atomic mass is 19.1. The van der Waals surface area contributed by atoms with Crippen LogP contribution in [0.25, 0.3) is 0 Å². The van der Waals surface area contributed by atoms with Gasteiger partial charge in [0.2, 0.25) is 0 Å². The number of hydrogen-bond acceptors (Lipinski definition) is 3. The molecular weight excluding hydrogens is 257 g/mol. The van der Waals surface area contributed by atoms with Crippen LogP contribution in [0.4, 0.5) is 4.39 Å². The lowest BCUT2D eigenvalue weighted by Crippen LogP contribution is -2.08. The van der Waals surface area contributed by atoms with E-state index in [1.165, 1.54) is 6.07 Å². The van der Waals surface area contributed by atoms with Gasteiger partial charge in [0.15, 0.2) is 0 Å². The molecule has 4 heteroatoms. The van der Waals surface area contributed by atoms with E-state index >= 15 is 0 Å². The first-order chi connectivity index (χ1) is 9.52. The van der Waals surface area contributed by atoms with Gasteiger partial charge in [0.1, 0.15) is 23.1 Å². The van der Waals surface area contributed by atoms with Crippen LogP contribution in [-0.2, 0) is 0 Å². The third kappa shape index (κ3) is 2.91. The molecule has 1 atom stereocenters. The van der Waals surface area contributed by atoms with Gasteiger partial charge < -0.3 is 15.2 Å². The Morgan fingerprint density at radius 1 is 1.15 bits per heavy atom. The molecule has 0 aliphatic carbocycles. The van der Waals surface area contributed by atoms with E-state index in [1.807, 2.05) is 25.1 Å². The Bertz CT molecular complexity index is 611. The summed E-state index contributed by atoms with van der Waals surface area (Å²) >= 11 is 0. The minimum atomic E-state index is -0.254. The molecule has 20 heavy (non-hydrogen) atoms. The average molecular weight is 275 g/mol. The van der Waals surface area contributed by atoms with E-state index in [1.54, 1.807) is 26.2 Å². The molecule has 2 aromatic carbocycles. The van der Waals surface area contributed by atoms with Gasteiger partial charge in [-0.15, -0.1) is 0 Å². The van der Waals surface area contributed by atoms with E-state index in [0.29, 0.717) is 22.8 Å². The van der Waals surface area contributed by atoms with Crippen LogP contribution in [0.3, 0.4) is 0 Å². The normalized spacial score (nSPS) is 12.1. The van der Waals surface area contributed by atoms with Gasteiger partial charge in [0.05, 0.1) is 12.7 Å². The fourth-order valence-corrected chi connectivity index (χ4v) is 2.05. The Labute approximate surface area is 118 Å². The Balaban J connectivity index is 2.40. The molecule has 0 bridgehead atoms. The predicted molar refractivity (Wildman–Crippen MR) is 76.8 cm³/mol. The van der Waals surface area contributed by atoms with Crippen LogP contribution in [0.15, 0.2) is 36.4 Å². The fourth-order valence-electron chi connectivity index (χ4n) is 2.05. The second-order valence-electron chi connectivity index (χ2n) is 4.67. The molecule has 0 heterocycles. The van der Waals surface area contributed by atoms with Crippen LogP contribution in [0.2, 0.25) is 0 Å². The standard InChI is InChI=1S/C16H18FNO2/c1-10-9-12(7-8-13(10)17)20-15-6-4-5-14(19-3)16(15)11(2)18/h4-9,11H,18H2,1-3H3. The van der Waals surface area contributed by atoms with Crippen molar-refractivity contribution >= 4 is 0 Å². The average Bonchev–Trinajstić information content (AvgIpc) is 2.42. The highest BCUT2D eigenvalue weighted by Gasteiger charge is 2.15. The number of methoxy groups -OCH3 is 1. The van der Waals surface area contributed by atoms with E-state index in [2.05, 4.69) is 0 Å². The van der Waals surface area contributed by atoms with Gasteiger partial charge in [-0.05, 0) is 49.7 Å². The van der Waals surface area contributed by atoms with E-state index in [9.17, 15) is 4.39 Å². The molecule has 0 saturated heterocycles. The van der Waals surface area contributed by atoms with Gasteiger partial charge in [-0.3, -0.25) is 0 Å². The number of ether oxygens (including phenoxy) is 2. The maximum atomic E-state index is 13.3. The molecule has 0 saturated carbocycles. The molecule has 2 rings (SSSR count). The minimum Gasteiger partial charge on any atom is -0.496 e. The summed E-state index contributed by atoms with van der Waals surface area (Å²) in [7, 11) is 1.59. The number of aryl methyl sites for hydroxylation is 1. The lowest BCUT2D eigenvalue weighted by Gasteiger charge is -2.17. The molecule has 0 fully saturated rings. The maximum absolute atomic E-state index is 13.3. The zero-order valence-electron chi connectivity index (χ0n) is 11.8. The minimum absolute atomic E-state index is 0.234. The quantitative estimate of drug-likeness (QED) is 0.918. The Morgan fingerprint density at radius 3 is 2.45 bits per heavy atom. The summed E-state index contributed by atoms with van der Waals surface area (Å²) in [5, 5.41) is 0. The third-order valence-corrected chi connectivity index (χ3v) is 3.06. The molecule has 0 spiro atoms. The second-order valence-corrected chi connectivity index (χ2v) is 4.67. The molecule has 2 aromatic rings. The number of halogens is 1. The number of benzene rings is 2. The predicted octanol–water partition coefficient (Wildman–Crippen LogP) is 3.95. The van der Waals surface area contributed by atoms with Crippen LogP contribution in [0.1, 0.15) is 24.1 Å². The molecule has 0 aromatic heterocycles. The highest BCUT2D eigenvalue weighted by molar-refractivity contribution is 5.48. The first kappa shape index (κ1) is 14.3. The fraction of sp³-hybridized carbons (Fsp3) is 0.250. The van der Waals surface area contributed by atoms with Crippen LogP contribution < -0.4 is 15.2 Å². The van der Waals surface area contributed by atoms with Gasteiger partial charge in [-0.1, -0.05) is 6.07 Å². The summed E-state index contributed by atoms with van der Waals surface area (Å²) in [6.45, 7) is 3.56. The summed E-state index contributed by atoms with van der Waals surface area (Å²) in [6.07, 6.45) is 0. The smallest absolute Gasteiger partial charge is 0.135 e. The van der Waals surface area contributed by atoms with Crippen molar-refractivity contribution in [1.82, 2.24) is 0 Å². The monoisotopic (exact) mass is 275 g/mol. The number of nitrogens with two attached hydrogens (primary N) is 1. The van der Waals surface area contributed by atoms with Crippen LogP contribution in [0, 0.1) is 12.7 Å². The van der Waals surface area contributed by atoms with Crippen LogP contribution >= 0.6 is 0 Å². The number of rotatable bonds is 4. The van der Waals surface area contributed by atoms with Crippen molar-refractivity contribution in [1.29, 1.82) is 0 Å². The summed E-state index contributed by atoms with van der Waals surface area (Å²) < 4.78 is 24.4. The lowest BCUT2D eigenvalue weighted by molar-refractivity contribution is 0.397. The molecule has 0 aliphatic rings. The maximum Gasteiger partial charge on any atom is 0.135 e. The van der Waals surface area contributed by atoms with Crippen LogP contribution in [0.5, 0.6) is 17.2 Å². The Kier molecular flexibility index (Phi) is 4.25. The molecule has 1 unspecified atom stereocenters. The first-order valence-corrected chi connectivity index (χ1v) is 6.39. The first-order valence-electron chi connectivity index (χ1n) is 6.39. The summed E-state index contributed by atoms with van der Waals surface area (Å²) in [5.74, 6) is 1.61. The van der Waals surface area contributed by atoms with E-state index in [4.69, 9.17) is 15.2 Å². The molecular formula is C16H18FNO2. The van der Waals surface area contributed by atoms with E-state index in [-0.39, 0.29) is 11.9 Å². The van der Waals surface area contributed by atoms with Crippen molar-refractivity contribution in [3.8, 4) is 17.2 Å². The summed E-state index contributed by atoms with van der Waals surface area (Å²) in [6, 6.07) is 9.88. The van der Waals surface area contributed by atoms with Gasteiger partial charge in [-0.25, -0.2) is 4.39 Å². The molecule has 0 radical (unpaired) electrons. The summed E-state index contributed by atoms with van der Waals surface area (Å²) in [5.41, 5.74) is 7.30. The Hall–Kier alpha value is -2.07. The second kappa shape index (κ2) is 5.92. The van der Waals surface area contributed by atoms with Crippen molar-refractivity contribution in [2.24, 2.45) is 5.73 Å². The lowest BCUT2D eigenvalue weighted by atomic mass is 10.1. The topological polar surface area (TPSA) is 44.5 Å². The molecule has 0 aliphatic heterocycles. The summed E-state index contributed by atoms with van der Waals surface area (Å²) in [4.78, 5) is 0. The molecule has 2 N–H and O–H groups in total. The van der Waals surface area contributed by atoms with Gasteiger partial charge in [0.25, 0.3) is 0 Å². The SMILES string of the molecule is COc1cccc(Oc2ccc(F)c(C)c2)c1C(C)N. The third-order valence-electron chi connectivity index (χ3n) is 3.06. The van der Waals surface area contributed by atoms with Crippen molar-refractivity contribution in [3.63, 3.8) is 0 Å². The van der Waals surface area contributed by atoms with Crippen molar-refractivity contribution in [2.45, 2.75) is 19.9 Å². The molecule has 3 nitrogen and oxygen atoms in total. The van der Waals surface area contributed by atoms with Crippen molar-refractivity contribution in [2.75, 3.05) is 7.11 Å². The van der Waals surface area contributed by atoms with Crippen LogP contribution in [-0.4, -0.2) is 7.11 Å². The van der Waals surface area contributed by atoms with Crippen molar-refractivity contribution in [3.05, 3.63) is 53.3 Å². The molecule has 106 valence electrons. The number of hydrogen-bond donors (Lipinski definition) is 1. The highest BCUT2D eigenvalue weighted by Crippen LogP contribution is 2.35. The largest absolute Gasteiger partial charge is 0.496 e. The van der Waals surface area contributed by atoms with Gasteiger partial charge in [-0.2, -0.15) is 0 Å².